The van der Waals surface area contributed by atoms with E-state index in [1.807, 2.05) is 0 Å². The lowest BCUT2D eigenvalue weighted by atomic mass is 10.1. The van der Waals surface area contributed by atoms with Crippen molar-refractivity contribution in [2.24, 2.45) is 5.73 Å². The van der Waals surface area contributed by atoms with Crippen LogP contribution in [0.3, 0.4) is 0 Å². The molecule has 2 rings (SSSR count). The average molecular weight is 222 g/mol. The van der Waals surface area contributed by atoms with E-state index in [1.165, 1.54) is 12.1 Å². The Morgan fingerprint density at radius 3 is 2.94 bits per heavy atom. The van der Waals surface area contributed by atoms with Crippen molar-refractivity contribution < 1.29 is 14.3 Å². The molecule has 0 aliphatic heterocycles. The smallest absolute Gasteiger partial charge is 0.320 e. The molecule has 0 unspecified atom stereocenters. The van der Waals surface area contributed by atoms with Gasteiger partial charge in [-0.05, 0) is 29.7 Å². The summed E-state index contributed by atoms with van der Waals surface area (Å²) < 4.78 is 12.9. The Morgan fingerprint density at radius 2 is 2.25 bits per heavy atom. The molecule has 84 valence electrons. The van der Waals surface area contributed by atoms with Crippen LogP contribution in [-0.2, 0) is 11.2 Å². The summed E-state index contributed by atoms with van der Waals surface area (Å²) in [5.74, 6) is -1.38. The van der Waals surface area contributed by atoms with Crippen molar-refractivity contribution in [3.05, 3.63) is 35.8 Å². The number of nitrogens with one attached hydrogen (secondary N) is 1. The van der Waals surface area contributed by atoms with Crippen molar-refractivity contribution in [3.8, 4) is 0 Å². The van der Waals surface area contributed by atoms with Gasteiger partial charge >= 0.3 is 5.97 Å². The van der Waals surface area contributed by atoms with Gasteiger partial charge in [-0.2, -0.15) is 0 Å². The van der Waals surface area contributed by atoms with Crippen LogP contribution < -0.4 is 5.73 Å². The van der Waals surface area contributed by atoms with Crippen LogP contribution in [0.1, 0.15) is 5.69 Å². The number of rotatable bonds is 3. The van der Waals surface area contributed by atoms with Crippen LogP contribution in [0.4, 0.5) is 4.39 Å². The van der Waals surface area contributed by atoms with Gasteiger partial charge in [0.2, 0.25) is 0 Å². The minimum absolute atomic E-state index is 0.200. The summed E-state index contributed by atoms with van der Waals surface area (Å²) >= 11 is 0. The highest BCUT2D eigenvalue weighted by atomic mass is 19.1. The van der Waals surface area contributed by atoms with E-state index in [-0.39, 0.29) is 12.2 Å². The Kier molecular flexibility index (Phi) is 2.62. The van der Waals surface area contributed by atoms with Gasteiger partial charge in [0.1, 0.15) is 11.9 Å². The third kappa shape index (κ3) is 2.04. The standard InChI is InChI=1S/C11H11FN2O2/c12-7-2-1-6-3-8(14-10(6)4-7)5-9(13)11(15)16/h1-4,9,14H,5,13H2,(H,15,16)/t9-/m0/s1. The van der Waals surface area contributed by atoms with Crippen LogP contribution in [0, 0.1) is 5.82 Å². The number of benzene rings is 1. The predicted octanol–water partition coefficient (Wildman–Crippen LogP) is 1.26. The van der Waals surface area contributed by atoms with Crippen LogP contribution in [0.15, 0.2) is 24.3 Å². The topological polar surface area (TPSA) is 79.1 Å². The van der Waals surface area contributed by atoms with E-state index in [0.717, 1.165) is 5.39 Å². The summed E-state index contributed by atoms with van der Waals surface area (Å²) in [5.41, 5.74) is 6.74. The first-order valence-corrected chi connectivity index (χ1v) is 4.82. The largest absolute Gasteiger partial charge is 0.480 e. The third-order valence-electron chi connectivity index (χ3n) is 2.40. The normalized spacial score (nSPS) is 12.9. The van der Waals surface area contributed by atoms with Crippen LogP contribution in [0.2, 0.25) is 0 Å². The summed E-state index contributed by atoms with van der Waals surface area (Å²) in [6.45, 7) is 0. The number of H-pyrrole nitrogens is 1. The van der Waals surface area contributed by atoms with Gasteiger partial charge in [0.15, 0.2) is 0 Å². The molecule has 16 heavy (non-hydrogen) atoms. The summed E-state index contributed by atoms with van der Waals surface area (Å²) in [4.78, 5) is 13.5. The van der Waals surface area contributed by atoms with Gasteiger partial charge in [-0.3, -0.25) is 4.79 Å². The lowest BCUT2D eigenvalue weighted by Crippen LogP contribution is -2.32. The molecule has 1 aromatic carbocycles. The molecule has 0 bridgehead atoms. The summed E-state index contributed by atoms with van der Waals surface area (Å²) in [6.07, 6.45) is 0.200. The number of carbonyl (C=O) groups is 1. The molecule has 0 radical (unpaired) electrons. The first kappa shape index (κ1) is 10.6. The van der Waals surface area contributed by atoms with Gasteiger partial charge in [0.05, 0.1) is 0 Å². The number of halogens is 1. The number of nitrogens with two attached hydrogens (primary N) is 1. The number of fused-ring (bicyclic) bond motifs is 1. The van der Waals surface area contributed by atoms with E-state index in [1.54, 1.807) is 12.1 Å². The second-order valence-electron chi connectivity index (χ2n) is 3.68. The van der Waals surface area contributed by atoms with E-state index < -0.39 is 12.0 Å². The zero-order chi connectivity index (χ0) is 11.7. The first-order chi connectivity index (χ1) is 7.56. The van der Waals surface area contributed by atoms with Gasteiger partial charge in [0.25, 0.3) is 0 Å². The van der Waals surface area contributed by atoms with Crippen LogP contribution >= 0.6 is 0 Å². The highest BCUT2D eigenvalue weighted by Gasteiger charge is 2.13. The molecule has 0 aliphatic rings. The van der Waals surface area contributed by atoms with Gasteiger partial charge in [0, 0.05) is 17.6 Å². The molecule has 0 saturated carbocycles. The molecule has 1 atom stereocenters. The molecule has 5 heteroatoms. The number of aromatic amines is 1. The maximum absolute atomic E-state index is 12.9. The average Bonchev–Trinajstić information content (AvgIpc) is 2.58. The summed E-state index contributed by atoms with van der Waals surface area (Å²) in [6, 6.07) is 5.19. The van der Waals surface area contributed by atoms with Crippen molar-refractivity contribution in [2.45, 2.75) is 12.5 Å². The SMILES string of the molecule is N[C@@H](Cc1cc2ccc(F)cc2[nH]1)C(=O)O. The Morgan fingerprint density at radius 1 is 1.50 bits per heavy atom. The van der Waals surface area contributed by atoms with Gasteiger partial charge in [-0.15, -0.1) is 0 Å². The first-order valence-electron chi connectivity index (χ1n) is 4.82. The maximum Gasteiger partial charge on any atom is 0.320 e. The third-order valence-corrected chi connectivity index (χ3v) is 2.40. The molecule has 0 spiro atoms. The Hall–Kier alpha value is -1.88. The molecule has 0 aliphatic carbocycles. The monoisotopic (exact) mass is 222 g/mol. The minimum atomic E-state index is -1.05. The Balaban J connectivity index is 2.29. The maximum atomic E-state index is 12.9. The van der Waals surface area contributed by atoms with Crippen molar-refractivity contribution in [2.75, 3.05) is 0 Å². The van der Waals surface area contributed by atoms with E-state index in [4.69, 9.17) is 10.8 Å². The minimum Gasteiger partial charge on any atom is -0.480 e. The molecular weight excluding hydrogens is 211 g/mol. The van der Waals surface area contributed by atoms with Crippen LogP contribution in [0.5, 0.6) is 0 Å². The fourth-order valence-corrected chi connectivity index (χ4v) is 1.59. The number of aromatic nitrogens is 1. The number of hydrogen-bond acceptors (Lipinski definition) is 2. The Labute approximate surface area is 90.9 Å². The van der Waals surface area contributed by atoms with E-state index in [0.29, 0.717) is 11.2 Å². The number of carboxylic acids is 1. The molecular formula is C11H11FN2O2. The van der Waals surface area contributed by atoms with Gasteiger partial charge in [-0.1, -0.05) is 0 Å². The van der Waals surface area contributed by atoms with E-state index >= 15 is 0 Å². The zero-order valence-corrected chi connectivity index (χ0v) is 8.40. The van der Waals surface area contributed by atoms with E-state index in [2.05, 4.69) is 4.98 Å². The second kappa shape index (κ2) is 3.94. The van der Waals surface area contributed by atoms with Crippen molar-refractivity contribution in [1.82, 2.24) is 4.98 Å². The lowest BCUT2D eigenvalue weighted by molar-refractivity contribution is -0.138. The van der Waals surface area contributed by atoms with Gasteiger partial charge in [-0.25, -0.2) is 4.39 Å². The molecule has 0 saturated heterocycles. The highest BCUT2D eigenvalue weighted by Crippen LogP contribution is 2.17. The molecule has 0 amide bonds. The molecule has 0 fully saturated rings. The second-order valence-corrected chi connectivity index (χ2v) is 3.68. The number of hydrogen-bond donors (Lipinski definition) is 3. The van der Waals surface area contributed by atoms with Gasteiger partial charge < -0.3 is 15.8 Å². The molecule has 2 aromatic rings. The van der Waals surface area contributed by atoms with Crippen LogP contribution in [-0.4, -0.2) is 22.1 Å². The molecule has 1 aromatic heterocycles. The summed E-state index contributed by atoms with van der Waals surface area (Å²) in [7, 11) is 0. The fraction of sp³-hybridized carbons (Fsp3) is 0.182. The molecule has 1 heterocycles. The fourth-order valence-electron chi connectivity index (χ4n) is 1.59. The lowest BCUT2D eigenvalue weighted by Gasteiger charge is -2.02. The van der Waals surface area contributed by atoms with Crippen molar-refractivity contribution in [1.29, 1.82) is 0 Å². The van der Waals surface area contributed by atoms with Crippen molar-refractivity contribution >= 4 is 16.9 Å². The van der Waals surface area contributed by atoms with E-state index in [9.17, 15) is 9.18 Å². The molecule has 4 N–H and O–H groups in total. The van der Waals surface area contributed by atoms with Crippen LogP contribution in [0.25, 0.3) is 10.9 Å². The number of carboxylic acid groups (broad SMARTS) is 1. The number of aliphatic carboxylic acids is 1. The van der Waals surface area contributed by atoms with Crippen molar-refractivity contribution in [3.63, 3.8) is 0 Å². The predicted molar refractivity (Wildman–Crippen MR) is 57.6 cm³/mol. The molecule has 4 nitrogen and oxygen atoms in total. The quantitative estimate of drug-likeness (QED) is 0.731. The highest BCUT2D eigenvalue weighted by molar-refractivity contribution is 5.81. The summed E-state index contributed by atoms with van der Waals surface area (Å²) in [5, 5.41) is 9.51. The Bertz CT molecular complexity index is 536. The zero-order valence-electron chi connectivity index (χ0n) is 8.40.